The van der Waals surface area contributed by atoms with Crippen molar-refractivity contribution < 1.29 is 14.3 Å². The number of ether oxygens (including phenoxy) is 2. The summed E-state index contributed by atoms with van der Waals surface area (Å²) < 4.78 is 10.1. The minimum atomic E-state index is -0.540. The van der Waals surface area contributed by atoms with Crippen LogP contribution in [0.3, 0.4) is 0 Å². The van der Waals surface area contributed by atoms with Gasteiger partial charge >= 0.3 is 5.97 Å². The fourth-order valence-electron chi connectivity index (χ4n) is 1.35. The standard InChI is InChI=1S/C13H18ClNO3S/c1-17-13(16)11(15)6-8-19-9-7-18-12-5-3-2-4-10(12)14/h2-5,11H,6-9,15H2,1H3. The molecule has 1 atom stereocenters. The predicted molar refractivity (Wildman–Crippen MR) is 78.9 cm³/mol. The molecule has 0 aliphatic rings. The first-order chi connectivity index (χ1) is 9.15. The lowest BCUT2D eigenvalue weighted by molar-refractivity contribution is -0.142. The van der Waals surface area contributed by atoms with Crippen LogP contribution in [-0.2, 0) is 9.53 Å². The molecule has 0 aliphatic heterocycles. The van der Waals surface area contributed by atoms with Crippen LogP contribution in [0.5, 0.6) is 5.75 Å². The van der Waals surface area contributed by atoms with E-state index in [0.29, 0.717) is 23.8 Å². The Bertz CT molecular complexity index is 403. The lowest BCUT2D eigenvalue weighted by Gasteiger charge is -2.09. The lowest BCUT2D eigenvalue weighted by atomic mass is 10.2. The number of methoxy groups -OCH3 is 1. The second kappa shape index (κ2) is 9.07. The van der Waals surface area contributed by atoms with Crippen LogP contribution in [-0.4, -0.2) is 37.2 Å². The number of carbonyl (C=O) groups excluding carboxylic acids is 1. The maximum atomic E-state index is 11.1. The fourth-order valence-corrected chi connectivity index (χ4v) is 2.37. The molecule has 1 unspecified atom stereocenters. The minimum Gasteiger partial charge on any atom is -0.491 e. The van der Waals surface area contributed by atoms with Gasteiger partial charge in [0.05, 0.1) is 18.7 Å². The van der Waals surface area contributed by atoms with Gasteiger partial charge in [0.1, 0.15) is 11.8 Å². The van der Waals surface area contributed by atoms with Crippen molar-refractivity contribution >= 4 is 29.3 Å². The molecule has 0 saturated carbocycles. The van der Waals surface area contributed by atoms with Crippen molar-refractivity contribution in [1.82, 2.24) is 0 Å². The van der Waals surface area contributed by atoms with Crippen molar-refractivity contribution in [2.75, 3.05) is 25.2 Å². The van der Waals surface area contributed by atoms with Crippen LogP contribution in [0.2, 0.25) is 5.02 Å². The third-order valence-electron chi connectivity index (χ3n) is 2.40. The van der Waals surface area contributed by atoms with Gasteiger partial charge in [-0.2, -0.15) is 11.8 Å². The van der Waals surface area contributed by atoms with Crippen LogP contribution in [0.4, 0.5) is 0 Å². The van der Waals surface area contributed by atoms with Crippen molar-refractivity contribution in [3.8, 4) is 5.75 Å². The van der Waals surface area contributed by atoms with Crippen LogP contribution in [0.1, 0.15) is 6.42 Å². The van der Waals surface area contributed by atoms with E-state index in [-0.39, 0.29) is 5.97 Å². The minimum absolute atomic E-state index is 0.368. The van der Waals surface area contributed by atoms with Crippen molar-refractivity contribution in [2.24, 2.45) is 5.73 Å². The molecule has 0 aliphatic carbocycles. The molecule has 2 N–H and O–H groups in total. The number of hydrogen-bond acceptors (Lipinski definition) is 5. The molecule has 0 heterocycles. The molecular formula is C13H18ClNO3S. The summed E-state index contributed by atoms with van der Waals surface area (Å²) in [7, 11) is 1.34. The van der Waals surface area contributed by atoms with Crippen LogP contribution in [0.25, 0.3) is 0 Å². The normalized spacial score (nSPS) is 11.9. The van der Waals surface area contributed by atoms with E-state index in [0.717, 1.165) is 11.5 Å². The van der Waals surface area contributed by atoms with E-state index in [9.17, 15) is 4.79 Å². The second-order valence-corrected chi connectivity index (χ2v) is 5.44. The highest BCUT2D eigenvalue weighted by molar-refractivity contribution is 7.99. The summed E-state index contributed by atoms with van der Waals surface area (Å²) in [5, 5.41) is 0.611. The fraction of sp³-hybridized carbons (Fsp3) is 0.462. The molecular weight excluding hydrogens is 286 g/mol. The maximum absolute atomic E-state index is 11.1. The highest BCUT2D eigenvalue weighted by Gasteiger charge is 2.12. The first kappa shape index (κ1) is 16.1. The predicted octanol–water partition coefficient (Wildman–Crippen LogP) is 2.34. The third-order valence-corrected chi connectivity index (χ3v) is 3.69. The molecule has 0 bridgehead atoms. The summed E-state index contributed by atoms with van der Waals surface area (Å²) in [6, 6.07) is 6.82. The molecule has 4 nitrogen and oxygen atoms in total. The number of nitrogens with two attached hydrogens (primary N) is 1. The van der Waals surface area contributed by atoms with Crippen LogP contribution in [0, 0.1) is 0 Å². The Balaban J connectivity index is 2.09. The number of halogens is 1. The van der Waals surface area contributed by atoms with Gasteiger partial charge in [0.25, 0.3) is 0 Å². The quantitative estimate of drug-likeness (QED) is 0.590. The van der Waals surface area contributed by atoms with Gasteiger partial charge in [-0.25, -0.2) is 0 Å². The summed E-state index contributed by atoms with van der Waals surface area (Å²) in [6.45, 7) is 0.571. The molecule has 1 rings (SSSR count). The van der Waals surface area contributed by atoms with Crippen molar-refractivity contribution in [3.63, 3.8) is 0 Å². The zero-order valence-electron chi connectivity index (χ0n) is 10.8. The van der Waals surface area contributed by atoms with Gasteiger partial charge < -0.3 is 15.2 Å². The van der Waals surface area contributed by atoms with Gasteiger partial charge in [0.15, 0.2) is 0 Å². The summed E-state index contributed by atoms with van der Waals surface area (Å²) in [6.07, 6.45) is 0.601. The largest absolute Gasteiger partial charge is 0.491 e. The number of thioether (sulfide) groups is 1. The average molecular weight is 304 g/mol. The molecule has 19 heavy (non-hydrogen) atoms. The van der Waals surface area contributed by atoms with Gasteiger partial charge in [-0.1, -0.05) is 23.7 Å². The van der Waals surface area contributed by atoms with E-state index >= 15 is 0 Å². The Morgan fingerprint density at radius 2 is 2.16 bits per heavy atom. The molecule has 1 aromatic rings. The third kappa shape index (κ3) is 6.18. The van der Waals surface area contributed by atoms with Gasteiger partial charge in [-0.05, 0) is 24.3 Å². The Morgan fingerprint density at radius 3 is 2.84 bits per heavy atom. The van der Waals surface area contributed by atoms with Crippen molar-refractivity contribution in [3.05, 3.63) is 29.3 Å². The highest BCUT2D eigenvalue weighted by atomic mass is 35.5. The van der Waals surface area contributed by atoms with E-state index in [1.807, 2.05) is 18.2 Å². The van der Waals surface area contributed by atoms with E-state index < -0.39 is 6.04 Å². The lowest BCUT2D eigenvalue weighted by Crippen LogP contribution is -2.32. The molecule has 6 heteroatoms. The van der Waals surface area contributed by atoms with Gasteiger partial charge in [0.2, 0.25) is 0 Å². The Labute approximate surface area is 122 Å². The molecule has 0 amide bonds. The zero-order valence-corrected chi connectivity index (χ0v) is 12.4. The molecule has 0 radical (unpaired) electrons. The summed E-state index contributed by atoms with van der Waals surface area (Å²) >= 11 is 7.64. The number of rotatable bonds is 8. The van der Waals surface area contributed by atoms with Gasteiger partial charge in [0, 0.05) is 5.75 Å². The van der Waals surface area contributed by atoms with Crippen LogP contribution < -0.4 is 10.5 Å². The van der Waals surface area contributed by atoms with Crippen molar-refractivity contribution in [1.29, 1.82) is 0 Å². The number of para-hydroxylation sites is 1. The maximum Gasteiger partial charge on any atom is 0.322 e. The zero-order chi connectivity index (χ0) is 14.1. The molecule has 0 saturated heterocycles. The van der Waals surface area contributed by atoms with Crippen molar-refractivity contribution in [2.45, 2.75) is 12.5 Å². The first-order valence-electron chi connectivity index (χ1n) is 5.93. The Kier molecular flexibility index (Phi) is 7.70. The van der Waals surface area contributed by atoms with E-state index in [4.69, 9.17) is 22.1 Å². The highest BCUT2D eigenvalue weighted by Crippen LogP contribution is 2.23. The number of hydrogen-bond donors (Lipinski definition) is 1. The van der Waals surface area contributed by atoms with E-state index in [2.05, 4.69) is 4.74 Å². The number of carbonyl (C=O) groups is 1. The van der Waals surface area contributed by atoms with Crippen LogP contribution >= 0.6 is 23.4 Å². The molecule has 0 aromatic heterocycles. The number of esters is 1. The van der Waals surface area contributed by atoms with Crippen LogP contribution in [0.15, 0.2) is 24.3 Å². The SMILES string of the molecule is COC(=O)C(N)CCSCCOc1ccccc1Cl. The molecule has 0 fully saturated rings. The monoisotopic (exact) mass is 303 g/mol. The first-order valence-corrected chi connectivity index (χ1v) is 7.47. The van der Waals surface area contributed by atoms with Gasteiger partial charge in [-0.3, -0.25) is 4.79 Å². The second-order valence-electron chi connectivity index (χ2n) is 3.81. The van der Waals surface area contributed by atoms with Gasteiger partial charge in [-0.15, -0.1) is 0 Å². The Morgan fingerprint density at radius 1 is 1.42 bits per heavy atom. The molecule has 1 aromatic carbocycles. The smallest absolute Gasteiger partial charge is 0.322 e. The average Bonchev–Trinajstić information content (AvgIpc) is 2.43. The summed E-state index contributed by atoms with van der Waals surface area (Å²) in [5.74, 6) is 1.94. The Hall–Kier alpha value is -0.910. The van der Waals surface area contributed by atoms with E-state index in [1.54, 1.807) is 17.8 Å². The summed E-state index contributed by atoms with van der Waals surface area (Å²) in [4.78, 5) is 11.1. The van der Waals surface area contributed by atoms with E-state index in [1.165, 1.54) is 7.11 Å². The summed E-state index contributed by atoms with van der Waals surface area (Å²) in [5.41, 5.74) is 5.62. The number of benzene rings is 1. The molecule has 0 spiro atoms. The molecule has 106 valence electrons. The topological polar surface area (TPSA) is 61.5 Å².